The van der Waals surface area contributed by atoms with Crippen LogP contribution in [0.1, 0.15) is 28.4 Å². The minimum Gasteiger partial charge on any atom is -0.384 e. The van der Waals surface area contributed by atoms with Crippen molar-refractivity contribution in [1.29, 1.82) is 0 Å². The van der Waals surface area contributed by atoms with Gasteiger partial charge >= 0.3 is 6.18 Å². The predicted molar refractivity (Wildman–Crippen MR) is 74.4 cm³/mol. The zero-order chi connectivity index (χ0) is 14.9. The SMILES string of the molecule is Cc1cc(Br)ccc1C(O)c1ccccc1C(F)(F)F. The molecule has 1 atom stereocenters. The van der Waals surface area contributed by atoms with E-state index in [1.165, 1.54) is 18.2 Å². The molecule has 5 heteroatoms. The summed E-state index contributed by atoms with van der Waals surface area (Å²) in [7, 11) is 0. The molecular weight excluding hydrogens is 333 g/mol. The molecule has 0 aliphatic heterocycles. The first-order valence-corrected chi connectivity index (χ1v) is 6.70. The summed E-state index contributed by atoms with van der Waals surface area (Å²) in [5, 5.41) is 10.3. The molecule has 0 bridgehead atoms. The Kier molecular flexibility index (Phi) is 4.20. The lowest BCUT2D eigenvalue weighted by Crippen LogP contribution is -2.13. The number of hydrogen-bond donors (Lipinski definition) is 1. The van der Waals surface area contributed by atoms with Crippen molar-refractivity contribution in [3.05, 3.63) is 69.2 Å². The van der Waals surface area contributed by atoms with Crippen molar-refractivity contribution in [3.8, 4) is 0 Å². The topological polar surface area (TPSA) is 20.2 Å². The van der Waals surface area contributed by atoms with Gasteiger partial charge in [-0.1, -0.05) is 40.2 Å². The summed E-state index contributed by atoms with van der Waals surface area (Å²) in [6.45, 7) is 1.75. The number of aliphatic hydroxyl groups is 1. The van der Waals surface area contributed by atoms with Crippen LogP contribution in [0.2, 0.25) is 0 Å². The lowest BCUT2D eigenvalue weighted by atomic mass is 9.94. The average molecular weight is 345 g/mol. The van der Waals surface area contributed by atoms with Crippen molar-refractivity contribution < 1.29 is 18.3 Å². The summed E-state index contributed by atoms with van der Waals surface area (Å²) < 4.78 is 39.7. The van der Waals surface area contributed by atoms with Crippen LogP contribution in [0, 0.1) is 6.92 Å². The highest BCUT2D eigenvalue weighted by Gasteiger charge is 2.35. The van der Waals surface area contributed by atoms with E-state index in [4.69, 9.17) is 0 Å². The second-order valence-corrected chi connectivity index (χ2v) is 5.40. The maximum absolute atomic E-state index is 13.0. The molecule has 1 nitrogen and oxygen atoms in total. The number of aryl methyl sites for hydroxylation is 1. The summed E-state index contributed by atoms with van der Waals surface area (Å²) in [5.41, 5.74) is 0.244. The van der Waals surface area contributed by atoms with Gasteiger partial charge in [0.2, 0.25) is 0 Å². The summed E-state index contributed by atoms with van der Waals surface area (Å²) in [6, 6.07) is 10.2. The lowest BCUT2D eigenvalue weighted by Gasteiger charge is -2.19. The number of rotatable bonds is 2. The molecule has 0 saturated carbocycles. The molecule has 106 valence electrons. The largest absolute Gasteiger partial charge is 0.416 e. The van der Waals surface area contributed by atoms with Gasteiger partial charge < -0.3 is 5.11 Å². The molecule has 2 aromatic rings. The fourth-order valence-electron chi connectivity index (χ4n) is 2.11. The summed E-state index contributed by atoms with van der Waals surface area (Å²) in [4.78, 5) is 0. The molecule has 0 aliphatic carbocycles. The van der Waals surface area contributed by atoms with E-state index in [0.29, 0.717) is 5.56 Å². The summed E-state index contributed by atoms with van der Waals surface area (Å²) in [5.74, 6) is 0. The monoisotopic (exact) mass is 344 g/mol. The maximum Gasteiger partial charge on any atom is 0.416 e. The Hall–Kier alpha value is -1.33. The van der Waals surface area contributed by atoms with Gasteiger partial charge in [-0.3, -0.25) is 0 Å². The quantitative estimate of drug-likeness (QED) is 0.824. The molecular formula is C15H12BrF3O. The van der Waals surface area contributed by atoms with Crippen LogP contribution in [0.5, 0.6) is 0 Å². The molecule has 0 aromatic heterocycles. The van der Waals surface area contributed by atoms with E-state index in [-0.39, 0.29) is 5.56 Å². The van der Waals surface area contributed by atoms with E-state index < -0.39 is 17.8 Å². The molecule has 0 radical (unpaired) electrons. The van der Waals surface area contributed by atoms with Crippen molar-refractivity contribution in [2.45, 2.75) is 19.2 Å². The molecule has 20 heavy (non-hydrogen) atoms. The van der Waals surface area contributed by atoms with Gasteiger partial charge in [-0.2, -0.15) is 13.2 Å². The van der Waals surface area contributed by atoms with Gasteiger partial charge in [0.25, 0.3) is 0 Å². The second-order valence-electron chi connectivity index (χ2n) is 4.49. The Bertz CT molecular complexity index is 623. The van der Waals surface area contributed by atoms with Gasteiger partial charge in [-0.15, -0.1) is 0 Å². The van der Waals surface area contributed by atoms with Gasteiger partial charge in [0.05, 0.1) is 5.56 Å². The van der Waals surface area contributed by atoms with Gasteiger partial charge in [0, 0.05) is 4.47 Å². The zero-order valence-corrected chi connectivity index (χ0v) is 12.2. The highest BCUT2D eigenvalue weighted by atomic mass is 79.9. The van der Waals surface area contributed by atoms with E-state index in [1.807, 2.05) is 0 Å². The van der Waals surface area contributed by atoms with Gasteiger partial charge in [-0.25, -0.2) is 0 Å². The first-order valence-electron chi connectivity index (χ1n) is 5.91. The third kappa shape index (κ3) is 3.04. The fraction of sp³-hybridized carbons (Fsp3) is 0.200. The molecule has 0 amide bonds. The Morgan fingerprint density at radius 1 is 1.05 bits per heavy atom. The number of hydrogen-bond acceptors (Lipinski definition) is 1. The Labute approximate surface area is 123 Å². The maximum atomic E-state index is 13.0. The smallest absolute Gasteiger partial charge is 0.384 e. The highest BCUT2D eigenvalue weighted by Crippen LogP contribution is 2.37. The fourth-order valence-corrected chi connectivity index (χ4v) is 2.58. The Morgan fingerprint density at radius 2 is 1.70 bits per heavy atom. The van der Waals surface area contributed by atoms with Crippen LogP contribution in [-0.2, 0) is 6.18 Å². The third-order valence-electron chi connectivity index (χ3n) is 3.09. The van der Waals surface area contributed by atoms with Gasteiger partial charge in [0.15, 0.2) is 0 Å². The number of alkyl halides is 3. The molecule has 0 saturated heterocycles. The van der Waals surface area contributed by atoms with Crippen LogP contribution in [-0.4, -0.2) is 5.11 Å². The van der Waals surface area contributed by atoms with Crippen molar-refractivity contribution >= 4 is 15.9 Å². The van der Waals surface area contributed by atoms with E-state index >= 15 is 0 Å². The summed E-state index contributed by atoms with van der Waals surface area (Å²) >= 11 is 3.29. The van der Waals surface area contributed by atoms with Gasteiger partial charge in [0.1, 0.15) is 6.10 Å². The molecule has 0 aliphatic rings. The molecule has 0 heterocycles. The van der Waals surface area contributed by atoms with Crippen LogP contribution in [0.4, 0.5) is 13.2 Å². The van der Waals surface area contributed by atoms with E-state index in [2.05, 4.69) is 15.9 Å². The molecule has 1 unspecified atom stereocenters. The zero-order valence-electron chi connectivity index (χ0n) is 10.6. The third-order valence-corrected chi connectivity index (χ3v) is 3.58. The average Bonchev–Trinajstić information content (AvgIpc) is 2.37. The van der Waals surface area contributed by atoms with E-state index in [9.17, 15) is 18.3 Å². The first-order chi connectivity index (χ1) is 9.30. The normalized spacial score (nSPS) is 13.3. The Morgan fingerprint density at radius 3 is 2.30 bits per heavy atom. The van der Waals surface area contributed by atoms with Crippen LogP contribution in [0.15, 0.2) is 46.9 Å². The van der Waals surface area contributed by atoms with Crippen LogP contribution >= 0.6 is 15.9 Å². The van der Waals surface area contributed by atoms with Gasteiger partial charge in [-0.05, 0) is 41.8 Å². The van der Waals surface area contributed by atoms with E-state index in [1.54, 1.807) is 25.1 Å². The second kappa shape index (κ2) is 5.58. The first kappa shape index (κ1) is 15.1. The molecule has 1 N–H and O–H groups in total. The minimum absolute atomic E-state index is 0.134. The number of benzene rings is 2. The molecule has 0 fully saturated rings. The van der Waals surface area contributed by atoms with E-state index in [0.717, 1.165) is 16.1 Å². The predicted octanol–water partition coefficient (Wildman–Crippen LogP) is 4.86. The molecule has 2 rings (SSSR count). The standard InChI is InChI=1S/C15H12BrF3O/c1-9-8-10(16)6-7-11(9)14(20)12-4-2-3-5-13(12)15(17,18)19/h2-8,14,20H,1H3. The molecule has 2 aromatic carbocycles. The van der Waals surface area contributed by atoms with Crippen LogP contribution < -0.4 is 0 Å². The van der Waals surface area contributed by atoms with Crippen molar-refractivity contribution in [2.24, 2.45) is 0 Å². The van der Waals surface area contributed by atoms with Crippen molar-refractivity contribution in [2.75, 3.05) is 0 Å². The lowest BCUT2D eigenvalue weighted by molar-refractivity contribution is -0.139. The molecule has 0 spiro atoms. The number of halogens is 4. The summed E-state index contributed by atoms with van der Waals surface area (Å²) in [6.07, 6.45) is -5.79. The number of aliphatic hydroxyl groups excluding tert-OH is 1. The van der Waals surface area contributed by atoms with Crippen molar-refractivity contribution in [3.63, 3.8) is 0 Å². The highest BCUT2D eigenvalue weighted by molar-refractivity contribution is 9.10. The van der Waals surface area contributed by atoms with Crippen LogP contribution in [0.25, 0.3) is 0 Å². The van der Waals surface area contributed by atoms with Crippen LogP contribution in [0.3, 0.4) is 0 Å². The van der Waals surface area contributed by atoms with Crippen molar-refractivity contribution in [1.82, 2.24) is 0 Å². The minimum atomic E-state index is -4.49. The Balaban J connectivity index is 2.51.